The molecule has 9 heteroatoms. The van der Waals surface area contributed by atoms with Crippen LogP contribution in [0.3, 0.4) is 0 Å². The van der Waals surface area contributed by atoms with Gasteiger partial charge in [-0.2, -0.15) is 0 Å². The summed E-state index contributed by atoms with van der Waals surface area (Å²) in [6.45, 7) is 9.51. The van der Waals surface area contributed by atoms with Gasteiger partial charge in [-0.25, -0.2) is 4.98 Å². The standard InChI is InChI=1S/C28H30N4O5/c1-3-15-37-21-8-6-7-20(18-21)25-23(26(33)24-19(2)29-22-9-4-5-10-31(22)24)27(34)28(35)32(25)12-11-30-13-16-36-17-14-30/h3-10,18,25,33H,1,11-17H2,2H3. The first-order valence-corrected chi connectivity index (χ1v) is 12.4. The lowest BCUT2D eigenvalue weighted by atomic mass is 9.96. The zero-order valence-electron chi connectivity index (χ0n) is 20.8. The van der Waals surface area contributed by atoms with Crippen molar-refractivity contribution in [2.24, 2.45) is 0 Å². The van der Waals surface area contributed by atoms with Crippen LogP contribution in [0.25, 0.3) is 11.4 Å². The number of imidazole rings is 1. The topological polar surface area (TPSA) is 96.6 Å². The number of hydrogen-bond donors (Lipinski definition) is 1. The molecule has 4 heterocycles. The van der Waals surface area contributed by atoms with Crippen LogP contribution in [-0.2, 0) is 14.3 Å². The largest absolute Gasteiger partial charge is 0.505 e. The second kappa shape index (κ2) is 10.6. The Kier molecular flexibility index (Phi) is 7.07. The molecular weight excluding hydrogens is 472 g/mol. The first kappa shape index (κ1) is 24.7. The number of Topliss-reactive ketones (excluding diaryl/α,β-unsaturated/α-hetero) is 1. The van der Waals surface area contributed by atoms with Gasteiger partial charge in [0.2, 0.25) is 0 Å². The van der Waals surface area contributed by atoms with E-state index in [0.29, 0.717) is 61.3 Å². The number of morpholine rings is 1. The van der Waals surface area contributed by atoms with Crippen LogP contribution >= 0.6 is 0 Å². The summed E-state index contributed by atoms with van der Waals surface area (Å²) in [6, 6.07) is 12.0. The molecule has 1 atom stereocenters. The number of aliphatic hydroxyl groups is 1. The second-order valence-electron chi connectivity index (χ2n) is 9.09. The number of rotatable bonds is 8. The van der Waals surface area contributed by atoms with Crippen molar-refractivity contribution in [2.45, 2.75) is 13.0 Å². The lowest BCUT2D eigenvalue weighted by Gasteiger charge is -2.31. The fourth-order valence-corrected chi connectivity index (χ4v) is 4.99. The van der Waals surface area contributed by atoms with Gasteiger partial charge in [0.15, 0.2) is 5.76 Å². The predicted octanol–water partition coefficient (Wildman–Crippen LogP) is 2.96. The number of amides is 1. The van der Waals surface area contributed by atoms with Crippen molar-refractivity contribution in [3.63, 3.8) is 0 Å². The zero-order valence-corrected chi connectivity index (χ0v) is 20.8. The highest BCUT2D eigenvalue weighted by molar-refractivity contribution is 6.46. The number of carbonyl (C=O) groups is 2. The van der Waals surface area contributed by atoms with E-state index in [-0.39, 0.29) is 11.3 Å². The predicted molar refractivity (Wildman–Crippen MR) is 138 cm³/mol. The zero-order chi connectivity index (χ0) is 25.9. The van der Waals surface area contributed by atoms with Gasteiger partial charge in [-0.3, -0.25) is 18.9 Å². The van der Waals surface area contributed by atoms with Crippen LogP contribution in [0.1, 0.15) is 23.0 Å². The maximum Gasteiger partial charge on any atom is 0.295 e. The second-order valence-corrected chi connectivity index (χ2v) is 9.09. The first-order valence-electron chi connectivity index (χ1n) is 12.4. The highest BCUT2D eigenvalue weighted by Crippen LogP contribution is 2.40. The number of aryl methyl sites for hydroxylation is 1. The molecule has 3 aromatic rings. The van der Waals surface area contributed by atoms with Gasteiger partial charge in [0.25, 0.3) is 11.7 Å². The summed E-state index contributed by atoms with van der Waals surface area (Å²) in [5, 5.41) is 11.6. The van der Waals surface area contributed by atoms with Gasteiger partial charge in [-0.1, -0.05) is 30.9 Å². The molecule has 5 rings (SSSR count). The third-order valence-electron chi connectivity index (χ3n) is 6.77. The number of likely N-dealkylation sites (tertiary alicyclic amines) is 1. The molecule has 0 saturated carbocycles. The lowest BCUT2D eigenvalue weighted by Crippen LogP contribution is -2.42. The van der Waals surface area contributed by atoms with Crippen LogP contribution in [-0.4, -0.2) is 82.0 Å². The van der Waals surface area contributed by atoms with Crippen molar-refractivity contribution >= 4 is 23.1 Å². The Labute approximate surface area is 215 Å². The van der Waals surface area contributed by atoms with Gasteiger partial charge in [0.1, 0.15) is 23.7 Å². The summed E-state index contributed by atoms with van der Waals surface area (Å²) in [4.78, 5) is 35.1. The van der Waals surface area contributed by atoms with E-state index in [9.17, 15) is 14.7 Å². The van der Waals surface area contributed by atoms with Gasteiger partial charge in [-0.05, 0) is 36.8 Å². The van der Waals surface area contributed by atoms with Crippen molar-refractivity contribution < 1.29 is 24.2 Å². The number of aromatic nitrogens is 2. The van der Waals surface area contributed by atoms with Crippen molar-refractivity contribution in [1.82, 2.24) is 19.2 Å². The van der Waals surface area contributed by atoms with Gasteiger partial charge in [-0.15, -0.1) is 0 Å². The molecule has 1 aromatic carbocycles. The molecule has 2 aliphatic heterocycles. The summed E-state index contributed by atoms with van der Waals surface area (Å²) in [7, 11) is 0. The number of fused-ring (bicyclic) bond motifs is 1. The maximum atomic E-state index is 13.5. The average molecular weight is 503 g/mol. The summed E-state index contributed by atoms with van der Waals surface area (Å²) >= 11 is 0. The molecule has 1 unspecified atom stereocenters. The summed E-state index contributed by atoms with van der Waals surface area (Å²) in [6.07, 6.45) is 3.42. The summed E-state index contributed by atoms with van der Waals surface area (Å²) < 4.78 is 12.9. The van der Waals surface area contributed by atoms with Crippen LogP contribution in [0.15, 0.2) is 66.9 Å². The van der Waals surface area contributed by atoms with Crippen LogP contribution in [0.4, 0.5) is 0 Å². The van der Waals surface area contributed by atoms with E-state index < -0.39 is 17.7 Å². The highest BCUT2D eigenvalue weighted by Gasteiger charge is 2.46. The highest BCUT2D eigenvalue weighted by atomic mass is 16.5. The third-order valence-corrected chi connectivity index (χ3v) is 6.77. The fraction of sp³-hybridized carbons (Fsp3) is 0.321. The normalized spacial score (nSPS) is 20.0. The van der Waals surface area contributed by atoms with Crippen LogP contribution in [0, 0.1) is 6.92 Å². The van der Waals surface area contributed by atoms with Crippen molar-refractivity contribution in [1.29, 1.82) is 0 Å². The Morgan fingerprint density at radius 2 is 2.00 bits per heavy atom. The molecule has 9 nitrogen and oxygen atoms in total. The Bertz CT molecular complexity index is 1370. The molecule has 0 aliphatic carbocycles. The molecule has 0 bridgehead atoms. The van der Waals surface area contributed by atoms with Crippen molar-refractivity contribution in [2.75, 3.05) is 46.0 Å². The van der Waals surface area contributed by atoms with E-state index >= 15 is 0 Å². The van der Waals surface area contributed by atoms with Gasteiger partial charge in [0.05, 0.1) is 30.5 Å². The molecule has 2 fully saturated rings. The number of aliphatic hydroxyl groups excluding tert-OH is 1. The molecule has 2 saturated heterocycles. The number of ether oxygens (including phenoxy) is 2. The van der Waals surface area contributed by atoms with Crippen molar-refractivity contribution in [3.05, 3.63) is 83.8 Å². The van der Waals surface area contributed by atoms with Crippen LogP contribution < -0.4 is 4.74 Å². The first-order chi connectivity index (χ1) is 18.0. The van der Waals surface area contributed by atoms with Gasteiger partial charge < -0.3 is 19.5 Å². The number of hydrogen-bond acceptors (Lipinski definition) is 7. The van der Waals surface area contributed by atoms with E-state index in [1.165, 1.54) is 0 Å². The molecule has 0 spiro atoms. The number of nitrogens with zero attached hydrogens (tertiary/aromatic N) is 4. The number of carbonyl (C=O) groups excluding carboxylic acids is 2. The molecule has 1 amide bonds. The third kappa shape index (κ3) is 4.75. The molecule has 2 aliphatic rings. The lowest BCUT2D eigenvalue weighted by molar-refractivity contribution is -0.140. The SMILES string of the molecule is C=CCOc1cccc(C2C(=C(O)c3c(C)nc4ccccn34)C(=O)C(=O)N2CCN2CCOCC2)c1. The van der Waals surface area contributed by atoms with E-state index in [2.05, 4.69) is 16.5 Å². The van der Waals surface area contributed by atoms with Crippen molar-refractivity contribution in [3.8, 4) is 5.75 Å². The minimum absolute atomic E-state index is 0.0431. The Balaban J connectivity index is 1.60. The van der Waals surface area contributed by atoms with Crippen LogP contribution in [0.2, 0.25) is 0 Å². The van der Waals surface area contributed by atoms with E-state index in [4.69, 9.17) is 9.47 Å². The molecule has 1 N–H and O–H groups in total. The molecule has 2 aromatic heterocycles. The smallest absolute Gasteiger partial charge is 0.295 e. The monoisotopic (exact) mass is 502 g/mol. The molecule has 0 radical (unpaired) electrons. The van der Waals surface area contributed by atoms with Crippen LogP contribution in [0.5, 0.6) is 5.75 Å². The summed E-state index contributed by atoms with van der Waals surface area (Å²) in [5.74, 6) is -1.01. The Morgan fingerprint density at radius 3 is 2.78 bits per heavy atom. The average Bonchev–Trinajstić information content (AvgIpc) is 3.39. The number of pyridine rings is 1. The van der Waals surface area contributed by atoms with Gasteiger partial charge in [0, 0.05) is 32.4 Å². The molecular formula is C28H30N4O5. The maximum absolute atomic E-state index is 13.5. The van der Waals surface area contributed by atoms with E-state index in [0.717, 1.165) is 13.1 Å². The summed E-state index contributed by atoms with van der Waals surface area (Å²) in [5.41, 5.74) is 2.31. The Hall–Kier alpha value is -3.95. The quantitative estimate of drug-likeness (QED) is 0.219. The van der Waals surface area contributed by atoms with Gasteiger partial charge >= 0.3 is 0 Å². The fourth-order valence-electron chi connectivity index (χ4n) is 4.99. The minimum atomic E-state index is -0.776. The number of ketones is 1. The Morgan fingerprint density at radius 1 is 1.19 bits per heavy atom. The van der Waals surface area contributed by atoms with E-state index in [1.807, 2.05) is 36.4 Å². The molecule has 192 valence electrons. The van der Waals surface area contributed by atoms with E-state index in [1.54, 1.807) is 34.6 Å². The minimum Gasteiger partial charge on any atom is -0.505 e. The molecule has 37 heavy (non-hydrogen) atoms. The number of benzene rings is 1.